The molecule has 0 N–H and O–H groups in total. The van der Waals surface area contributed by atoms with Crippen molar-refractivity contribution in [1.82, 2.24) is 4.90 Å². The quantitative estimate of drug-likeness (QED) is 0.471. The second-order valence-electron chi connectivity index (χ2n) is 6.64. The van der Waals surface area contributed by atoms with Gasteiger partial charge in [0.05, 0.1) is 0 Å². The monoisotopic (exact) mass is 322 g/mol. The Kier molecular flexibility index (Phi) is 7.20. The van der Waals surface area contributed by atoms with Crippen LogP contribution in [0.2, 0.25) is 0 Å². The number of hydrogen-bond acceptors (Lipinski definition) is 2. The third-order valence-corrected chi connectivity index (χ3v) is 4.62. The summed E-state index contributed by atoms with van der Waals surface area (Å²) in [5.41, 5.74) is 6.10. The molecule has 2 rings (SSSR count). The lowest BCUT2D eigenvalue weighted by atomic mass is 9.89. The number of fused-ring (bicyclic) bond motifs is 1. The van der Waals surface area contributed by atoms with Crippen LogP contribution in [0.15, 0.2) is 59.6 Å². The fourth-order valence-electron chi connectivity index (χ4n) is 3.34. The first-order valence-electron chi connectivity index (χ1n) is 8.89. The standard InChI is InChI=1S/C22H30N2/c1-5-7-10-14-23-17-18(6-2)22-20(13-15-24(3)4)16-19-11-8-9-12-21(19)22/h5,7-12,14,18H,1,6,13,15-17H2,2-4H3/b10-7-,23-14?. The summed E-state index contributed by atoms with van der Waals surface area (Å²) in [6, 6.07) is 8.89. The van der Waals surface area contributed by atoms with Gasteiger partial charge in [0.1, 0.15) is 0 Å². The van der Waals surface area contributed by atoms with E-state index in [4.69, 9.17) is 0 Å². The van der Waals surface area contributed by atoms with Crippen LogP contribution in [-0.2, 0) is 6.42 Å². The van der Waals surface area contributed by atoms with Gasteiger partial charge in [0, 0.05) is 25.2 Å². The molecule has 128 valence electrons. The molecule has 0 saturated carbocycles. The molecule has 1 aliphatic carbocycles. The smallest absolute Gasteiger partial charge is 0.0458 e. The number of nitrogens with zero attached hydrogens (tertiary/aromatic N) is 2. The Bertz CT molecular complexity index is 635. The van der Waals surface area contributed by atoms with E-state index in [1.54, 1.807) is 17.2 Å². The van der Waals surface area contributed by atoms with E-state index < -0.39 is 0 Å². The van der Waals surface area contributed by atoms with E-state index in [9.17, 15) is 0 Å². The lowest BCUT2D eigenvalue weighted by Gasteiger charge is -2.19. The highest BCUT2D eigenvalue weighted by Crippen LogP contribution is 2.40. The molecule has 1 aromatic rings. The molecule has 1 atom stereocenters. The Morgan fingerprint density at radius 3 is 2.75 bits per heavy atom. The highest BCUT2D eigenvalue weighted by molar-refractivity contribution is 5.78. The summed E-state index contributed by atoms with van der Waals surface area (Å²) in [6.45, 7) is 7.92. The minimum absolute atomic E-state index is 0.499. The molecular formula is C22H30N2. The van der Waals surface area contributed by atoms with Crippen LogP contribution in [0.3, 0.4) is 0 Å². The van der Waals surface area contributed by atoms with Gasteiger partial charge in [0.15, 0.2) is 0 Å². The van der Waals surface area contributed by atoms with Gasteiger partial charge in [-0.05, 0) is 56.1 Å². The molecule has 0 aromatic heterocycles. The topological polar surface area (TPSA) is 15.6 Å². The Hall–Kier alpha value is -1.93. The number of allylic oxidation sites excluding steroid dienone is 3. The lowest BCUT2D eigenvalue weighted by molar-refractivity contribution is 0.412. The van der Waals surface area contributed by atoms with Gasteiger partial charge in [0.2, 0.25) is 0 Å². The highest BCUT2D eigenvalue weighted by Gasteiger charge is 2.26. The Morgan fingerprint density at radius 2 is 2.04 bits per heavy atom. The molecule has 0 saturated heterocycles. The van der Waals surface area contributed by atoms with Crippen LogP contribution < -0.4 is 0 Å². The molecule has 1 aliphatic rings. The lowest BCUT2D eigenvalue weighted by Crippen LogP contribution is -2.15. The van der Waals surface area contributed by atoms with Crippen molar-refractivity contribution in [3.8, 4) is 0 Å². The van der Waals surface area contributed by atoms with Crippen molar-refractivity contribution in [2.45, 2.75) is 26.2 Å². The van der Waals surface area contributed by atoms with Crippen molar-refractivity contribution >= 4 is 11.8 Å². The normalized spacial score (nSPS) is 15.7. The summed E-state index contributed by atoms with van der Waals surface area (Å²) in [5, 5.41) is 0. The Morgan fingerprint density at radius 1 is 1.25 bits per heavy atom. The molecule has 0 heterocycles. The third-order valence-electron chi connectivity index (χ3n) is 4.62. The zero-order valence-corrected chi connectivity index (χ0v) is 15.3. The summed E-state index contributed by atoms with van der Waals surface area (Å²) in [7, 11) is 4.30. The average molecular weight is 322 g/mol. The van der Waals surface area contributed by atoms with Crippen molar-refractivity contribution in [2.24, 2.45) is 10.9 Å². The molecule has 0 radical (unpaired) electrons. The van der Waals surface area contributed by atoms with Crippen LogP contribution in [0.5, 0.6) is 0 Å². The van der Waals surface area contributed by atoms with Crippen molar-refractivity contribution in [2.75, 3.05) is 27.2 Å². The van der Waals surface area contributed by atoms with Crippen LogP contribution in [-0.4, -0.2) is 38.3 Å². The average Bonchev–Trinajstić information content (AvgIpc) is 2.95. The molecule has 0 bridgehead atoms. The van der Waals surface area contributed by atoms with Gasteiger partial charge in [-0.2, -0.15) is 0 Å². The maximum atomic E-state index is 4.62. The van der Waals surface area contributed by atoms with Gasteiger partial charge in [-0.25, -0.2) is 0 Å². The predicted octanol–water partition coefficient (Wildman–Crippen LogP) is 4.79. The summed E-state index contributed by atoms with van der Waals surface area (Å²) in [4.78, 5) is 6.89. The van der Waals surface area contributed by atoms with Crippen molar-refractivity contribution in [3.63, 3.8) is 0 Å². The summed E-state index contributed by atoms with van der Waals surface area (Å²) < 4.78 is 0. The summed E-state index contributed by atoms with van der Waals surface area (Å²) in [6.07, 6.45) is 10.9. The Labute approximate surface area is 147 Å². The molecule has 0 spiro atoms. The van der Waals surface area contributed by atoms with Crippen LogP contribution in [0.1, 0.15) is 30.9 Å². The van der Waals surface area contributed by atoms with Gasteiger partial charge in [0.25, 0.3) is 0 Å². The van der Waals surface area contributed by atoms with Gasteiger partial charge in [-0.3, -0.25) is 4.99 Å². The van der Waals surface area contributed by atoms with Crippen LogP contribution in [0, 0.1) is 5.92 Å². The third kappa shape index (κ3) is 4.78. The maximum absolute atomic E-state index is 4.62. The van der Waals surface area contributed by atoms with E-state index in [0.29, 0.717) is 5.92 Å². The highest BCUT2D eigenvalue weighted by atomic mass is 15.0. The van der Waals surface area contributed by atoms with E-state index in [2.05, 4.69) is 61.8 Å². The molecule has 1 aromatic carbocycles. The van der Waals surface area contributed by atoms with E-state index in [1.165, 1.54) is 11.1 Å². The maximum Gasteiger partial charge on any atom is 0.0458 e. The summed E-state index contributed by atoms with van der Waals surface area (Å²) >= 11 is 0. The fourth-order valence-corrected chi connectivity index (χ4v) is 3.34. The van der Waals surface area contributed by atoms with Gasteiger partial charge < -0.3 is 4.90 Å². The molecule has 2 heteroatoms. The molecule has 0 fully saturated rings. The van der Waals surface area contributed by atoms with Gasteiger partial charge in [-0.1, -0.05) is 55.5 Å². The molecule has 2 nitrogen and oxygen atoms in total. The first-order valence-corrected chi connectivity index (χ1v) is 8.89. The first kappa shape index (κ1) is 18.4. The van der Waals surface area contributed by atoms with E-state index in [0.717, 1.165) is 32.4 Å². The van der Waals surface area contributed by atoms with Crippen molar-refractivity contribution < 1.29 is 0 Å². The van der Waals surface area contributed by atoms with Crippen LogP contribution in [0.4, 0.5) is 0 Å². The van der Waals surface area contributed by atoms with Crippen molar-refractivity contribution in [3.05, 3.63) is 65.8 Å². The molecule has 1 unspecified atom stereocenters. The predicted molar refractivity (Wildman–Crippen MR) is 107 cm³/mol. The Balaban J connectivity index is 2.23. The fraction of sp³-hybridized carbons (Fsp3) is 0.409. The number of rotatable bonds is 9. The van der Waals surface area contributed by atoms with Gasteiger partial charge in [-0.15, -0.1) is 0 Å². The molecule has 0 aliphatic heterocycles. The van der Waals surface area contributed by atoms with Crippen LogP contribution in [0.25, 0.3) is 5.57 Å². The SMILES string of the molecule is C=C/C=C\C=NCC(CC)C1=C(CCN(C)C)Cc2ccccc21. The second kappa shape index (κ2) is 9.39. The van der Waals surface area contributed by atoms with E-state index in [-0.39, 0.29) is 0 Å². The minimum Gasteiger partial charge on any atom is -0.309 e. The first-order chi connectivity index (χ1) is 11.7. The molecule has 24 heavy (non-hydrogen) atoms. The number of benzene rings is 1. The zero-order chi connectivity index (χ0) is 17.4. The summed E-state index contributed by atoms with van der Waals surface area (Å²) in [5.74, 6) is 0.499. The largest absolute Gasteiger partial charge is 0.309 e. The van der Waals surface area contributed by atoms with E-state index in [1.807, 2.05) is 18.4 Å². The minimum atomic E-state index is 0.499. The van der Waals surface area contributed by atoms with Crippen molar-refractivity contribution in [1.29, 1.82) is 0 Å². The second-order valence-corrected chi connectivity index (χ2v) is 6.64. The van der Waals surface area contributed by atoms with Gasteiger partial charge >= 0.3 is 0 Å². The van der Waals surface area contributed by atoms with Crippen LogP contribution >= 0.6 is 0 Å². The molecule has 0 amide bonds. The zero-order valence-electron chi connectivity index (χ0n) is 15.3. The number of hydrogen-bond donors (Lipinski definition) is 0. The van der Waals surface area contributed by atoms with E-state index >= 15 is 0 Å². The molecular weight excluding hydrogens is 292 g/mol. The number of aliphatic imine (C=N–C) groups is 1.